The van der Waals surface area contributed by atoms with Crippen LogP contribution >= 0.6 is 0 Å². The number of ether oxygens (including phenoxy) is 1. The average molecular weight is 325 g/mol. The lowest BCUT2D eigenvalue weighted by molar-refractivity contribution is -0.143. The molecule has 2 heteroatoms. The summed E-state index contributed by atoms with van der Waals surface area (Å²) in [6.07, 6.45) is 23.0. The zero-order chi connectivity index (χ0) is 17.0. The highest BCUT2D eigenvalue weighted by atomic mass is 16.5. The first-order valence-corrected chi connectivity index (χ1v) is 10.1. The van der Waals surface area contributed by atoms with E-state index in [0.717, 1.165) is 25.7 Å². The van der Waals surface area contributed by atoms with Crippen molar-refractivity contribution in [2.24, 2.45) is 0 Å². The number of unbranched alkanes of at least 4 members (excludes halogenated alkanes) is 11. The minimum absolute atomic E-state index is 0.0366. The van der Waals surface area contributed by atoms with Gasteiger partial charge in [0.2, 0.25) is 0 Å². The van der Waals surface area contributed by atoms with Crippen molar-refractivity contribution in [2.45, 2.75) is 110 Å². The average Bonchev–Trinajstić information content (AvgIpc) is 2.56. The predicted molar refractivity (Wildman–Crippen MR) is 101 cm³/mol. The van der Waals surface area contributed by atoms with Crippen molar-refractivity contribution in [3.05, 3.63) is 12.2 Å². The van der Waals surface area contributed by atoms with Crippen LogP contribution in [0.5, 0.6) is 0 Å². The Kier molecular flexibility index (Phi) is 18.6. The molecule has 0 heterocycles. The molecule has 0 aliphatic carbocycles. The number of carbonyl (C=O) groups excluding carboxylic acids is 1. The third-order valence-electron chi connectivity index (χ3n) is 4.11. The highest BCUT2D eigenvalue weighted by Crippen LogP contribution is 2.11. The van der Waals surface area contributed by atoms with Crippen LogP contribution in [0.25, 0.3) is 0 Å². The van der Waals surface area contributed by atoms with Crippen molar-refractivity contribution < 1.29 is 9.53 Å². The van der Waals surface area contributed by atoms with Crippen LogP contribution < -0.4 is 0 Å². The zero-order valence-electron chi connectivity index (χ0n) is 15.8. The van der Waals surface area contributed by atoms with Gasteiger partial charge in [0.15, 0.2) is 0 Å². The fourth-order valence-corrected chi connectivity index (χ4v) is 2.63. The number of hydrogen-bond acceptors (Lipinski definition) is 2. The molecule has 0 atom stereocenters. The van der Waals surface area contributed by atoms with E-state index in [2.05, 4.69) is 19.1 Å². The van der Waals surface area contributed by atoms with E-state index in [9.17, 15) is 4.79 Å². The molecule has 0 fully saturated rings. The summed E-state index contributed by atoms with van der Waals surface area (Å²) >= 11 is 0. The second kappa shape index (κ2) is 19.3. The van der Waals surface area contributed by atoms with Gasteiger partial charge >= 0.3 is 5.97 Å². The van der Waals surface area contributed by atoms with Crippen molar-refractivity contribution in [1.82, 2.24) is 0 Å². The molecule has 0 rings (SSSR count). The lowest BCUT2D eigenvalue weighted by Gasteiger charge is -2.02. The Morgan fingerprint density at radius 1 is 0.696 bits per heavy atom. The summed E-state index contributed by atoms with van der Waals surface area (Å²) in [5, 5.41) is 0. The molecule has 2 nitrogen and oxygen atoms in total. The summed E-state index contributed by atoms with van der Waals surface area (Å²) < 4.78 is 5.05. The summed E-state index contributed by atoms with van der Waals surface area (Å²) in [5.74, 6) is -0.0366. The van der Waals surface area contributed by atoms with Crippen LogP contribution in [0.15, 0.2) is 12.2 Å². The van der Waals surface area contributed by atoms with Gasteiger partial charge in [-0.2, -0.15) is 0 Å². The minimum Gasteiger partial charge on any atom is -0.466 e. The molecule has 0 N–H and O–H groups in total. The van der Waals surface area contributed by atoms with Crippen LogP contribution in [0.3, 0.4) is 0 Å². The maximum atomic E-state index is 11.3. The van der Waals surface area contributed by atoms with Crippen LogP contribution in [-0.4, -0.2) is 12.6 Å². The van der Waals surface area contributed by atoms with Crippen molar-refractivity contribution in [3.63, 3.8) is 0 Å². The Labute approximate surface area is 145 Å². The molecular weight excluding hydrogens is 284 g/mol. The molecule has 0 bridgehead atoms. The Morgan fingerprint density at radius 2 is 1.22 bits per heavy atom. The van der Waals surface area contributed by atoms with E-state index in [1.54, 1.807) is 0 Å². The third kappa shape index (κ3) is 19.2. The van der Waals surface area contributed by atoms with Crippen LogP contribution in [0.1, 0.15) is 110 Å². The molecule has 0 saturated heterocycles. The number of hydrogen-bond donors (Lipinski definition) is 0. The molecular formula is C21H40O2. The number of rotatable bonds is 17. The molecule has 0 aromatic rings. The molecule has 0 aliphatic rings. The van der Waals surface area contributed by atoms with Gasteiger partial charge in [0.25, 0.3) is 0 Å². The van der Waals surface area contributed by atoms with Gasteiger partial charge in [0.1, 0.15) is 0 Å². The van der Waals surface area contributed by atoms with Gasteiger partial charge in [-0.05, 0) is 38.5 Å². The molecule has 23 heavy (non-hydrogen) atoms. The predicted octanol–water partition coefficient (Wildman–Crippen LogP) is 6.98. The summed E-state index contributed by atoms with van der Waals surface area (Å²) in [6.45, 7) is 4.86. The molecule has 136 valence electrons. The highest BCUT2D eigenvalue weighted by molar-refractivity contribution is 5.69. The highest BCUT2D eigenvalue weighted by Gasteiger charge is 2.00. The Morgan fingerprint density at radius 3 is 1.78 bits per heavy atom. The summed E-state index contributed by atoms with van der Waals surface area (Å²) in [4.78, 5) is 11.3. The SMILES string of the molecule is CCCCCCCCCCCC=CCCCCC(=O)OCCC. The minimum atomic E-state index is -0.0366. The van der Waals surface area contributed by atoms with E-state index >= 15 is 0 Å². The van der Waals surface area contributed by atoms with E-state index in [4.69, 9.17) is 4.74 Å². The van der Waals surface area contributed by atoms with Crippen molar-refractivity contribution in [2.75, 3.05) is 6.61 Å². The first kappa shape index (κ1) is 22.2. The van der Waals surface area contributed by atoms with Gasteiger partial charge in [0.05, 0.1) is 6.61 Å². The zero-order valence-corrected chi connectivity index (χ0v) is 15.8. The van der Waals surface area contributed by atoms with Gasteiger partial charge in [0, 0.05) is 6.42 Å². The quantitative estimate of drug-likeness (QED) is 0.164. The topological polar surface area (TPSA) is 26.3 Å². The first-order valence-electron chi connectivity index (χ1n) is 10.1. The summed E-state index contributed by atoms with van der Waals surface area (Å²) in [6, 6.07) is 0. The van der Waals surface area contributed by atoms with Crippen LogP contribution in [0.2, 0.25) is 0 Å². The maximum Gasteiger partial charge on any atom is 0.305 e. The third-order valence-corrected chi connectivity index (χ3v) is 4.11. The molecule has 0 aromatic heterocycles. The number of carbonyl (C=O) groups is 1. The van der Waals surface area contributed by atoms with Gasteiger partial charge in [-0.3, -0.25) is 4.79 Å². The van der Waals surface area contributed by atoms with E-state index in [1.165, 1.54) is 64.2 Å². The van der Waals surface area contributed by atoms with Crippen LogP contribution in [0, 0.1) is 0 Å². The fraction of sp³-hybridized carbons (Fsp3) is 0.857. The lowest BCUT2D eigenvalue weighted by atomic mass is 10.1. The Hall–Kier alpha value is -0.790. The van der Waals surface area contributed by atoms with E-state index in [-0.39, 0.29) is 5.97 Å². The van der Waals surface area contributed by atoms with Crippen LogP contribution in [-0.2, 0) is 9.53 Å². The van der Waals surface area contributed by atoms with Crippen molar-refractivity contribution in [1.29, 1.82) is 0 Å². The molecule has 0 amide bonds. The van der Waals surface area contributed by atoms with Gasteiger partial charge < -0.3 is 4.74 Å². The van der Waals surface area contributed by atoms with E-state index in [0.29, 0.717) is 13.0 Å². The van der Waals surface area contributed by atoms with Gasteiger partial charge in [-0.1, -0.05) is 77.4 Å². The van der Waals surface area contributed by atoms with E-state index in [1.807, 2.05) is 6.92 Å². The summed E-state index contributed by atoms with van der Waals surface area (Å²) in [5.41, 5.74) is 0. The Balaban J connectivity index is 3.15. The molecule has 0 aromatic carbocycles. The first-order chi connectivity index (χ1) is 11.3. The van der Waals surface area contributed by atoms with E-state index < -0.39 is 0 Å². The van der Waals surface area contributed by atoms with Crippen molar-refractivity contribution >= 4 is 5.97 Å². The molecule has 0 radical (unpaired) electrons. The second-order valence-corrected chi connectivity index (χ2v) is 6.55. The largest absolute Gasteiger partial charge is 0.466 e. The molecule has 0 spiro atoms. The summed E-state index contributed by atoms with van der Waals surface area (Å²) in [7, 11) is 0. The van der Waals surface area contributed by atoms with Crippen LogP contribution in [0.4, 0.5) is 0 Å². The maximum absolute atomic E-state index is 11.3. The standard InChI is InChI=1S/C21H40O2/c1-3-5-6-7-8-9-10-11-12-13-14-15-16-17-18-19-21(22)23-20-4-2/h14-15H,3-13,16-20H2,1-2H3. The van der Waals surface area contributed by atoms with Gasteiger partial charge in [-0.15, -0.1) is 0 Å². The van der Waals surface area contributed by atoms with Gasteiger partial charge in [-0.25, -0.2) is 0 Å². The monoisotopic (exact) mass is 324 g/mol. The molecule has 0 unspecified atom stereocenters. The lowest BCUT2D eigenvalue weighted by Crippen LogP contribution is -2.04. The number of allylic oxidation sites excluding steroid dienone is 2. The normalized spacial score (nSPS) is 11.2. The van der Waals surface area contributed by atoms with Crippen molar-refractivity contribution in [3.8, 4) is 0 Å². The number of esters is 1. The second-order valence-electron chi connectivity index (χ2n) is 6.55. The smallest absolute Gasteiger partial charge is 0.305 e. The molecule has 0 aliphatic heterocycles. The Bertz CT molecular complexity index is 271. The molecule has 0 saturated carbocycles. The fourth-order valence-electron chi connectivity index (χ4n) is 2.63.